The summed E-state index contributed by atoms with van der Waals surface area (Å²) in [7, 11) is 1.56. The SMILES string of the molecule is COc1ccc(C(=O)CN2CCc3ccccc32)cc1Cl. The van der Waals surface area contributed by atoms with E-state index in [2.05, 4.69) is 17.0 Å². The van der Waals surface area contributed by atoms with Crippen LogP contribution in [-0.2, 0) is 6.42 Å². The summed E-state index contributed by atoms with van der Waals surface area (Å²) < 4.78 is 5.11. The van der Waals surface area contributed by atoms with Gasteiger partial charge < -0.3 is 9.64 Å². The van der Waals surface area contributed by atoms with Crippen LogP contribution in [0.1, 0.15) is 15.9 Å². The van der Waals surface area contributed by atoms with Gasteiger partial charge in [0.2, 0.25) is 0 Å². The van der Waals surface area contributed by atoms with Crippen molar-refractivity contribution in [2.45, 2.75) is 6.42 Å². The fourth-order valence-corrected chi connectivity index (χ4v) is 2.93. The minimum absolute atomic E-state index is 0.0660. The van der Waals surface area contributed by atoms with Crippen molar-refractivity contribution in [2.75, 3.05) is 25.1 Å². The van der Waals surface area contributed by atoms with Crippen molar-refractivity contribution in [3.8, 4) is 5.75 Å². The molecule has 2 aromatic rings. The number of ketones is 1. The van der Waals surface area contributed by atoms with Gasteiger partial charge in [0, 0.05) is 17.8 Å². The van der Waals surface area contributed by atoms with E-state index in [0.717, 1.165) is 18.7 Å². The molecule has 0 saturated heterocycles. The third kappa shape index (κ3) is 2.74. The van der Waals surface area contributed by atoms with Gasteiger partial charge in [-0.15, -0.1) is 0 Å². The normalized spacial score (nSPS) is 13.1. The molecule has 0 saturated carbocycles. The Morgan fingerprint density at radius 2 is 2.10 bits per heavy atom. The molecule has 2 aromatic carbocycles. The molecule has 21 heavy (non-hydrogen) atoms. The number of rotatable bonds is 4. The van der Waals surface area contributed by atoms with E-state index in [0.29, 0.717) is 22.9 Å². The van der Waals surface area contributed by atoms with Gasteiger partial charge in [0.25, 0.3) is 0 Å². The van der Waals surface area contributed by atoms with Crippen LogP contribution in [0.15, 0.2) is 42.5 Å². The molecule has 1 aliphatic heterocycles. The number of benzene rings is 2. The van der Waals surface area contributed by atoms with Crippen LogP contribution in [0.3, 0.4) is 0 Å². The average Bonchev–Trinajstić information content (AvgIpc) is 2.90. The quantitative estimate of drug-likeness (QED) is 0.808. The van der Waals surface area contributed by atoms with Gasteiger partial charge in [-0.2, -0.15) is 0 Å². The second-order valence-electron chi connectivity index (χ2n) is 5.07. The fraction of sp³-hybridized carbons (Fsp3) is 0.235. The van der Waals surface area contributed by atoms with Crippen molar-refractivity contribution in [1.29, 1.82) is 0 Å². The second kappa shape index (κ2) is 5.78. The Kier molecular flexibility index (Phi) is 3.84. The first-order valence-electron chi connectivity index (χ1n) is 6.88. The monoisotopic (exact) mass is 301 g/mol. The highest BCUT2D eigenvalue weighted by Crippen LogP contribution is 2.28. The largest absolute Gasteiger partial charge is 0.495 e. The van der Waals surface area contributed by atoms with Gasteiger partial charge in [-0.3, -0.25) is 4.79 Å². The molecule has 0 atom stereocenters. The summed E-state index contributed by atoms with van der Waals surface area (Å²) in [6.07, 6.45) is 0.993. The molecular weight excluding hydrogens is 286 g/mol. The van der Waals surface area contributed by atoms with Gasteiger partial charge in [-0.25, -0.2) is 0 Å². The lowest BCUT2D eigenvalue weighted by Crippen LogP contribution is -2.28. The molecule has 0 N–H and O–H groups in total. The average molecular weight is 302 g/mol. The second-order valence-corrected chi connectivity index (χ2v) is 5.48. The van der Waals surface area contributed by atoms with E-state index in [1.165, 1.54) is 5.56 Å². The van der Waals surface area contributed by atoms with Crippen molar-refractivity contribution < 1.29 is 9.53 Å². The zero-order chi connectivity index (χ0) is 14.8. The summed E-state index contributed by atoms with van der Waals surface area (Å²) in [5, 5.41) is 0.463. The molecule has 0 fully saturated rings. The van der Waals surface area contributed by atoms with Crippen LogP contribution in [0.2, 0.25) is 5.02 Å². The van der Waals surface area contributed by atoms with E-state index < -0.39 is 0 Å². The highest BCUT2D eigenvalue weighted by Gasteiger charge is 2.21. The van der Waals surface area contributed by atoms with Gasteiger partial charge in [-0.1, -0.05) is 29.8 Å². The number of halogens is 1. The Bertz CT molecular complexity index is 684. The Morgan fingerprint density at radius 3 is 2.86 bits per heavy atom. The maximum atomic E-state index is 12.4. The summed E-state index contributed by atoms with van der Waals surface area (Å²) in [4.78, 5) is 14.5. The zero-order valence-electron chi connectivity index (χ0n) is 11.8. The number of Topliss-reactive ketones (excluding diaryl/α,β-unsaturated/α-hetero) is 1. The van der Waals surface area contributed by atoms with E-state index in [-0.39, 0.29) is 5.78 Å². The number of fused-ring (bicyclic) bond motifs is 1. The smallest absolute Gasteiger partial charge is 0.182 e. The fourth-order valence-electron chi connectivity index (χ4n) is 2.68. The predicted molar refractivity (Wildman–Crippen MR) is 84.7 cm³/mol. The molecule has 0 aromatic heterocycles. The Morgan fingerprint density at radius 1 is 1.29 bits per heavy atom. The summed E-state index contributed by atoms with van der Waals surface area (Å²) >= 11 is 6.08. The number of anilines is 1. The van der Waals surface area contributed by atoms with Crippen LogP contribution in [0.5, 0.6) is 5.75 Å². The minimum atomic E-state index is 0.0660. The van der Waals surface area contributed by atoms with Gasteiger partial charge >= 0.3 is 0 Å². The molecule has 1 heterocycles. The van der Waals surface area contributed by atoms with Crippen molar-refractivity contribution in [3.63, 3.8) is 0 Å². The molecule has 1 aliphatic rings. The van der Waals surface area contributed by atoms with Crippen LogP contribution in [0, 0.1) is 0 Å². The van der Waals surface area contributed by atoms with E-state index in [1.807, 2.05) is 12.1 Å². The van der Waals surface area contributed by atoms with E-state index >= 15 is 0 Å². The van der Waals surface area contributed by atoms with Crippen LogP contribution in [-0.4, -0.2) is 26.0 Å². The molecule has 0 radical (unpaired) electrons. The lowest BCUT2D eigenvalue weighted by molar-refractivity contribution is 0.0999. The number of methoxy groups -OCH3 is 1. The first-order chi connectivity index (χ1) is 10.2. The molecule has 0 spiro atoms. The molecular formula is C17H16ClNO2. The van der Waals surface area contributed by atoms with Crippen molar-refractivity contribution in [2.24, 2.45) is 0 Å². The number of ether oxygens (including phenoxy) is 1. The lowest BCUT2D eigenvalue weighted by atomic mass is 10.1. The van der Waals surface area contributed by atoms with Crippen LogP contribution >= 0.6 is 11.6 Å². The van der Waals surface area contributed by atoms with Crippen molar-refractivity contribution in [3.05, 3.63) is 58.6 Å². The van der Waals surface area contributed by atoms with Gasteiger partial charge in [0.1, 0.15) is 5.75 Å². The Labute approximate surface area is 129 Å². The minimum Gasteiger partial charge on any atom is -0.495 e. The topological polar surface area (TPSA) is 29.5 Å². The standard InChI is InChI=1S/C17H16ClNO2/c1-21-17-7-6-13(10-14(17)18)16(20)11-19-9-8-12-4-2-3-5-15(12)19/h2-7,10H,8-9,11H2,1H3. The third-order valence-corrected chi connectivity index (χ3v) is 4.09. The highest BCUT2D eigenvalue weighted by molar-refractivity contribution is 6.32. The van der Waals surface area contributed by atoms with E-state index in [4.69, 9.17) is 16.3 Å². The summed E-state index contributed by atoms with van der Waals surface area (Å²) in [5.74, 6) is 0.649. The number of hydrogen-bond donors (Lipinski definition) is 0. The molecule has 0 aliphatic carbocycles. The zero-order valence-corrected chi connectivity index (χ0v) is 12.6. The first kappa shape index (κ1) is 14.0. The molecule has 108 valence electrons. The molecule has 0 amide bonds. The maximum Gasteiger partial charge on any atom is 0.182 e. The summed E-state index contributed by atoms with van der Waals surface area (Å²) in [5.41, 5.74) is 3.08. The molecule has 3 rings (SSSR count). The van der Waals surface area contributed by atoms with Gasteiger partial charge in [-0.05, 0) is 36.2 Å². The summed E-state index contributed by atoms with van der Waals surface area (Å²) in [6, 6.07) is 13.4. The molecule has 0 bridgehead atoms. The number of carbonyl (C=O) groups excluding carboxylic acids is 1. The molecule has 4 heteroatoms. The number of hydrogen-bond acceptors (Lipinski definition) is 3. The van der Waals surface area contributed by atoms with Crippen LogP contribution < -0.4 is 9.64 Å². The van der Waals surface area contributed by atoms with Crippen molar-refractivity contribution >= 4 is 23.1 Å². The van der Waals surface area contributed by atoms with E-state index in [9.17, 15) is 4.79 Å². The molecule has 0 unspecified atom stereocenters. The Balaban J connectivity index is 1.77. The van der Waals surface area contributed by atoms with E-state index in [1.54, 1.807) is 25.3 Å². The Hall–Kier alpha value is -2.00. The molecule has 3 nitrogen and oxygen atoms in total. The predicted octanol–water partition coefficient (Wildman–Crippen LogP) is 3.59. The lowest BCUT2D eigenvalue weighted by Gasteiger charge is -2.18. The number of nitrogens with zero attached hydrogens (tertiary/aromatic N) is 1. The van der Waals surface area contributed by atoms with Gasteiger partial charge in [0.05, 0.1) is 18.7 Å². The highest BCUT2D eigenvalue weighted by atomic mass is 35.5. The summed E-state index contributed by atoms with van der Waals surface area (Å²) in [6.45, 7) is 1.26. The van der Waals surface area contributed by atoms with Crippen LogP contribution in [0.25, 0.3) is 0 Å². The maximum absolute atomic E-state index is 12.4. The van der Waals surface area contributed by atoms with Crippen LogP contribution in [0.4, 0.5) is 5.69 Å². The third-order valence-electron chi connectivity index (χ3n) is 3.79. The first-order valence-corrected chi connectivity index (χ1v) is 7.26. The number of carbonyl (C=O) groups is 1. The van der Waals surface area contributed by atoms with Crippen molar-refractivity contribution in [1.82, 2.24) is 0 Å². The number of para-hydroxylation sites is 1. The van der Waals surface area contributed by atoms with Gasteiger partial charge in [0.15, 0.2) is 5.78 Å².